The highest BCUT2D eigenvalue weighted by Crippen LogP contribution is 2.28. The van der Waals surface area contributed by atoms with Crippen molar-refractivity contribution in [1.82, 2.24) is 5.32 Å². The summed E-state index contributed by atoms with van der Waals surface area (Å²) in [4.78, 5) is 0. The summed E-state index contributed by atoms with van der Waals surface area (Å²) in [5.74, 6) is 0.548. The quantitative estimate of drug-likeness (QED) is 0.641. The Hall–Kier alpha value is -0.120. The van der Waals surface area contributed by atoms with Crippen LogP contribution in [0.5, 0.6) is 0 Å². The van der Waals surface area contributed by atoms with Crippen LogP contribution in [0.15, 0.2) is 0 Å². The summed E-state index contributed by atoms with van der Waals surface area (Å²) in [6.45, 7) is 6.22. The molecule has 0 fully saturated rings. The smallest absolute Gasteiger partial charge is 0.0691 e. The highest BCUT2D eigenvalue weighted by molar-refractivity contribution is 4.81. The molecular weight excluding hydrogens is 190 g/mol. The van der Waals surface area contributed by atoms with Gasteiger partial charge >= 0.3 is 0 Å². The van der Waals surface area contributed by atoms with Crippen molar-refractivity contribution in [2.24, 2.45) is 5.92 Å². The van der Waals surface area contributed by atoms with E-state index in [1.54, 1.807) is 7.11 Å². The van der Waals surface area contributed by atoms with E-state index in [0.29, 0.717) is 5.92 Å². The van der Waals surface area contributed by atoms with Crippen LogP contribution in [0.4, 0.5) is 0 Å². The molecule has 0 aromatic heterocycles. The van der Waals surface area contributed by atoms with Crippen LogP contribution in [0.25, 0.3) is 0 Å². The van der Waals surface area contributed by atoms with Gasteiger partial charge in [0.15, 0.2) is 0 Å². The molecule has 0 rings (SSSR count). The SMILES string of the molecule is CCC(CCNC)(C[C@H](C)COC)OC. The molecule has 3 nitrogen and oxygen atoms in total. The molecule has 0 saturated carbocycles. The fourth-order valence-electron chi connectivity index (χ4n) is 2.08. The lowest BCUT2D eigenvalue weighted by Gasteiger charge is -2.34. The minimum atomic E-state index is 0.0148. The molecule has 0 aliphatic carbocycles. The molecule has 3 heteroatoms. The first-order valence-corrected chi connectivity index (χ1v) is 5.82. The van der Waals surface area contributed by atoms with Crippen molar-refractivity contribution < 1.29 is 9.47 Å². The first kappa shape index (κ1) is 14.9. The molecule has 15 heavy (non-hydrogen) atoms. The molecule has 0 heterocycles. The second kappa shape index (κ2) is 8.08. The Morgan fingerprint density at radius 3 is 2.40 bits per heavy atom. The largest absolute Gasteiger partial charge is 0.384 e. The van der Waals surface area contributed by atoms with E-state index in [4.69, 9.17) is 9.47 Å². The molecule has 0 aliphatic rings. The van der Waals surface area contributed by atoms with Gasteiger partial charge in [-0.15, -0.1) is 0 Å². The molecule has 0 aromatic carbocycles. The summed E-state index contributed by atoms with van der Waals surface area (Å²) in [5.41, 5.74) is 0.0148. The van der Waals surface area contributed by atoms with Crippen molar-refractivity contribution in [2.45, 2.75) is 38.7 Å². The van der Waals surface area contributed by atoms with Crippen molar-refractivity contribution in [2.75, 3.05) is 34.4 Å². The normalized spacial score (nSPS) is 17.4. The minimum Gasteiger partial charge on any atom is -0.384 e. The third-order valence-corrected chi connectivity index (χ3v) is 3.08. The molecule has 0 amide bonds. The third kappa shape index (κ3) is 5.50. The van der Waals surface area contributed by atoms with Crippen LogP contribution in [0.2, 0.25) is 0 Å². The lowest BCUT2D eigenvalue weighted by molar-refractivity contribution is -0.0437. The van der Waals surface area contributed by atoms with E-state index in [1.165, 1.54) is 0 Å². The Morgan fingerprint density at radius 2 is 2.00 bits per heavy atom. The van der Waals surface area contributed by atoms with E-state index in [2.05, 4.69) is 19.2 Å². The lowest BCUT2D eigenvalue weighted by atomic mass is 9.86. The van der Waals surface area contributed by atoms with Crippen LogP contribution >= 0.6 is 0 Å². The van der Waals surface area contributed by atoms with Gasteiger partial charge in [0.05, 0.1) is 5.60 Å². The summed E-state index contributed by atoms with van der Waals surface area (Å²) in [5, 5.41) is 3.19. The van der Waals surface area contributed by atoms with Gasteiger partial charge in [-0.05, 0) is 38.8 Å². The van der Waals surface area contributed by atoms with Gasteiger partial charge in [-0.1, -0.05) is 13.8 Å². The van der Waals surface area contributed by atoms with E-state index in [9.17, 15) is 0 Å². The Bertz CT molecular complexity index is 147. The Balaban J connectivity index is 4.21. The molecule has 0 bridgehead atoms. The molecule has 0 aromatic rings. The summed E-state index contributed by atoms with van der Waals surface area (Å²) in [7, 11) is 5.55. The highest BCUT2D eigenvalue weighted by atomic mass is 16.5. The van der Waals surface area contributed by atoms with Gasteiger partial charge in [0.1, 0.15) is 0 Å². The standard InChI is InChI=1S/C12H27NO2/c1-6-12(15-5,7-8-13-3)9-11(2)10-14-4/h11,13H,6-10H2,1-5H3/t11-,12?/m0/s1. The predicted octanol–water partition coefficient (Wildman–Crippen LogP) is 2.06. The average Bonchev–Trinajstić information content (AvgIpc) is 2.25. The summed E-state index contributed by atoms with van der Waals surface area (Å²) < 4.78 is 10.9. The fraction of sp³-hybridized carbons (Fsp3) is 1.00. The van der Waals surface area contributed by atoms with Crippen molar-refractivity contribution in [3.05, 3.63) is 0 Å². The zero-order valence-electron chi connectivity index (χ0n) is 10.9. The minimum absolute atomic E-state index is 0.0148. The maximum atomic E-state index is 5.71. The maximum absolute atomic E-state index is 5.71. The van der Waals surface area contributed by atoms with Crippen LogP contribution in [-0.2, 0) is 9.47 Å². The van der Waals surface area contributed by atoms with E-state index in [-0.39, 0.29) is 5.60 Å². The predicted molar refractivity (Wildman–Crippen MR) is 64.2 cm³/mol. The van der Waals surface area contributed by atoms with Gasteiger partial charge < -0.3 is 14.8 Å². The number of rotatable bonds is 9. The number of hydrogen-bond donors (Lipinski definition) is 1. The van der Waals surface area contributed by atoms with Gasteiger partial charge in [0.25, 0.3) is 0 Å². The topological polar surface area (TPSA) is 30.5 Å². The lowest BCUT2D eigenvalue weighted by Crippen LogP contribution is -2.36. The summed E-state index contributed by atoms with van der Waals surface area (Å²) in [6, 6.07) is 0. The molecule has 0 spiro atoms. The third-order valence-electron chi connectivity index (χ3n) is 3.08. The zero-order valence-corrected chi connectivity index (χ0v) is 10.9. The van der Waals surface area contributed by atoms with Gasteiger partial charge in [0, 0.05) is 20.8 Å². The van der Waals surface area contributed by atoms with Crippen molar-refractivity contribution in [3.63, 3.8) is 0 Å². The average molecular weight is 217 g/mol. The second-order valence-electron chi connectivity index (χ2n) is 4.36. The molecule has 2 atom stereocenters. The Morgan fingerprint density at radius 1 is 1.33 bits per heavy atom. The fourth-order valence-corrected chi connectivity index (χ4v) is 2.08. The molecule has 1 N–H and O–H groups in total. The number of nitrogens with one attached hydrogen (secondary N) is 1. The van der Waals surface area contributed by atoms with Gasteiger partial charge in [-0.2, -0.15) is 0 Å². The van der Waals surface area contributed by atoms with E-state index in [0.717, 1.165) is 32.4 Å². The van der Waals surface area contributed by atoms with Gasteiger partial charge in [-0.3, -0.25) is 0 Å². The molecule has 0 radical (unpaired) electrons. The molecule has 1 unspecified atom stereocenters. The number of hydrogen-bond acceptors (Lipinski definition) is 3. The first-order chi connectivity index (χ1) is 7.14. The Labute approximate surface area is 94.5 Å². The highest BCUT2D eigenvalue weighted by Gasteiger charge is 2.29. The van der Waals surface area contributed by atoms with E-state index in [1.807, 2.05) is 14.2 Å². The Kier molecular flexibility index (Phi) is 8.02. The first-order valence-electron chi connectivity index (χ1n) is 5.82. The van der Waals surface area contributed by atoms with Crippen LogP contribution < -0.4 is 5.32 Å². The number of ether oxygens (including phenoxy) is 2. The van der Waals surface area contributed by atoms with Crippen LogP contribution in [-0.4, -0.2) is 40.0 Å². The van der Waals surface area contributed by atoms with Crippen LogP contribution in [0.1, 0.15) is 33.1 Å². The van der Waals surface area contributed by atoms with Crippen molar-refractivity contribution in [3.8, 4) is 0 Å². The van der Waals surface area contributed by atoms with Crippen LogP contribution in [0, 0.1) is 5.92 Å². The number of methoxy groups -OCH3 is 2. The monoisotopic (exact) mass is 217 g/mol. The molecule has 0 saturated heterocycles. The van der Waals surface area contributed by atoms with Crippen LogP contribution in [0.3, 0.4) is 0 Å². The summed E-state index contributed by atoms with van der Waals surface area (Å²) in [6.07, 6.45) is 3.18. The maximum Gasteiger partial charge on any atom is 0.0691 e. The second-order valence-corrected chi connectivity index (χ2v) is 4.36. The molecular formula is C12H27NO2. The van der Waals surface area contributed by atoms with Gasteiger partial charge in [0.2, 0.25) is 0 Å². The molecule has 92 valence electrons. The van der Waals surface area contributed by atoms with Gasteiger partial charge in [-0.25, -0.2) is 0 Å². The van der Waals surface area contributed by atoms with E-state index >= 15 is 0 Å². The van der Waals surface area contributed by atoms with E-state index < -0.39 is 0 Å². The van der Waals surface area contributed by atoms with Crippen molar-refractivity contribution >= 4 is 0 Å². The molecule has 0 aliphatic heterocycles. The van der Waals surface area contributed by atoms with Crippen molar-refractivity contribution in [1.29, 1.82) is 0 Å². The summed E-state index contributed by atoms with van der Waals surface area (Å²) >= 11 is 0. The zero-order chi connectivity index (χ0) is 11.7.